The van der Waals surface area contributed by atoms with Gasteiger partial charge in [-0.05, 0) is 38.8 Å². The summed E-state index contributed by atoms with van der Waals surface area (Å²) in [5.41, 5.74) is 1.86. The molecule has 0 unspecified atom stereocenters. The van der Waals surface area contributed by atoms with Crippen molar-refractivity contribution < 1.29 is 14.7 Å². The Morgan fingerprint density at radius 3 is 2.37 bits per heavy atom. The summed E-state index contributed by atoms with van der Waals surface area (Å²) in [5.74, 6) is -1.49. The Hall–Kier alpha value is -1.84. The predicted molar refractivity (Wildman–Crippen MR) is 73.8 cm³/mol. The highest BCUT2D eigenvalue weighted by molar-refractivity contribution is 6.00. The van der Waals surface area contributed by atoms with Gasteiger partial charge in [0.1, 0.15) is 5.41 Å². The zero-order valence-electron chi connectivity index (χ0n) is 12.2. The number of amides is 1. The molecule has 0 bridgehead atoms. The second kappa shape index (κ2) is 5.43. The number of hydrogen-bond donors (Lipinski definition) is 1. The molecule has 1 aromatic rings. The van der Waals surface area contributed by atoms with Gasteiger partial charge in [0, 0.05) is 13.6 Å². The first-order valence-corrected chi connectivity index (χ1v) is 6.21. The SMILES string of the molecule is Cc1ccc(C)c(CN(C)C(=O)C(C)(C)C(=O)O)c1. The minimum absolute atomic E-state index is 0.388. The fraction of sp³-hybridized carbons (Fsp3) is 0.467. The van der Waals surface area contributed by atoms with E-state index in [1.807, 2.05) is 32.0 Å². The van der Waals surface area contributed by atoms with Crippen LogP contribution in [0.15, 0.2) is 18.2 Å². The van der Waals surface area contributed by atoms with Gasteiger partial charge in [-0.1, -0.05) is 23.8 Å². The van der Waals surface area contributed by atoms with E-state index in [9.17, 15) is 9.59 Å². The molecule has 1 aromatic carbocycles. The average molecular weight is 263 g/mol. The maximum Gasteiger partial charge on any atom is 0.318 e. The van der Waals surface area contributed by atoms with Gasteiger partial charge >= 0.3 is 5.97 Å². The summed E-state index contributed by atoms with van der Waals surface area (Å²) < 4.78 is 0. The second-order valence-corrected chi connectivity index (χ2v) is 5.52. The first kappa shape index (κ1) is 15.2. The molecule has 1 N–H and O–H groups in total. The van der Waals surface area contributed by atoms with Crippen molar-refractivity contribution in [1.82, 2.24) is 4.90 Å². The van der Waals surface area contributed by atoms with E-state index in [1.54, 1.807) is 7.05 Å². The highest BCUT2D eigenvalue weighted by Crippen LogP contribution is 2.21. The molecule has 0 spiro atoms. The van der Waals surface area contributed by atoms with Crippen LogP contribution in [0, 0.1) is 19.3 Å². The van der Waals surface area contributed by atoms with Crippen LogP contribution in [0.1, 0.15) is 30.5 Å². The third-order valence-electron chi connectivity index (χ3n) is 3.33. The molecule has 0 fully saturated rings. The number of carboxylic acids is 1. The number of hydrogen-bond acceptors (Lipinski definition) is 2. The standard InChI is InChI=1S/C15H21NO3/c1-10-6-7-11(2)12(8-10)9-16(5)13(17)15(3,4)14(18)19/h6-8H,9H2,1-5H3,(H,18,19). The van der Waals surface area contributed by atoms with Gasteiger partial charge in [-0.25, -0.2) is 0 Å². The summed E-state index contributed by atoms with van der Waals surface area (Å²) in [6, 6.07) is 6.04. The maximum atomic E-state index is 12.2. The first-order chi connectivity index (χ1) is 8.66. The quantitative estimate of drug-likeness (QED) is 0.848. The van der Waals surface area contributed by atoms with E-state index in [-0.39, 0.29) is 5.91 Å². The lowest BCUT2D eigenvalue weighted by atomic mass is 9.91. The van der Waals surface area contributed by atoms with Crippen molar-refractivity contribution in [3.63, 3.8) is 0 Å². The van der Waals surface area contributed by atoms with Crippen molar-refractivity contribution in [3.8, 4) is 0 Å². The van der Waals surface area contributed by atoms with Gasteiger partial charge in [-0.2, -0.15) is 0 Å². The lowest BCUT2D eigenvalue weighted by Gasteiger charge is -2.26. The van der Waals surface area contributed by atoms with Crippen molar-refractivity contribution >= 4 is 11.9 Å². The Morgan fingerprint density at radius 2 is 1.84 bits per heavy atom. The average Bonchev–Trinajstić information content (AvgIpc) is 2.32. The molecule has 0 saturated heterocycles. The van der Waals surface area contributed by atoms with Gasteiger partial charge < -0.3 is 10.0 Å². The zero-order valence-corrected chi connectivity index (χ0v) is 12.2. The summed E-state index contributed by atoms with van der Waals surface area (Å²) in [5, 5.41) is 9.08. The Morgan fingerprint density at radius 1 is 1.26 bits per heavy atom. The molecule has 0 aliphatic heterocycles. The number of aryl methyl sites for hydroxylation is 2. The largest absolute Gasteiger partial charge is 0.480 e. The van der Waals surface area contributed by atoms with E-state index in [4.69, 9.17) is 5.11 Å². The number of carbonyl (C=O) groups excluding carboxylic acids is 1. The summed E-state index contributed by atoms with van der Waals surface area (Å²) in [7, 11) is 1.63. The Bertz CT molecular complexity index is 506. The van der Waals surface area contributed by atoms with Crippen molar-refractivity contribution in [2.75, 3.05) is 7.05 Å². The van der Waals surface area contributed by atoms with Crippen molar-refractivity contribution in [2.24, 2.45) is 5.41 Å². The maximum absolute atomic E-state index is 12.2. The normalized spacial score (nSPS) is 11.2. The Kier molecular flexibility index (Phi) is 4.35. The molecule has 4 heteroatoms. The molecule has 104 valence electrons. The molecule has 0 saturated carbocycles. The lowest BCUT2D eigenvalue weighted by molar-refractivity contribution is -0.157. The summed E-state index contributed by atoms with van der Waals surface area (Å²) >= 11 is 0. The van der Waals surface area contributed by atoms with Crippen LogP contribution < -0.4 is 0 Å². The van der Waals surface area contributed by atoms with Crippen LogP contribution >= 0.6 is 0 Å². The first-order valence-electron chi connectivity index (χ1n) is 6.21. The predicted octanol–water partition coefficient (Wildman–Crippen LogP) is 2.37. The van der Waals surface area contributed by atoms with E-state index < -0.39 is 11.4 Å². The molecule has 4 nitrogen and oxygen atoms in total. The summed E-state index contributed by atoms with van der Waals surface area (Å²) in [6.45, 7) is 7.25. The van der Waals surface area contributed by atoms with Crippen LogP contribution in [0.2, 0.25) is 0 Å². The summed E-state index contributed by atoms with van der Waals surface area (Å²) in [4.78, 5) is 24.7. The van der Waals surface area contributed by atoms with Gasteiger partial charge in [-0.3, -0.25) is 9.59 Å². The van der Waals surface area contributed by atoms with Gasteiger partial charge in [0.15, 0.2) is 0 Å². The molecule has 19 heavy (non-hydrogen) atoms. The smallest absolute Gasteiger partial charge is 0.318 e. The lowest BCUT2D eigenvalue weighted by Crippen LogP contribution is -2.43. The van der Waals surface area contributed by atoms with Crippen molar-refractivity contribution in [3.05, 3.63) is 34.9 Å². The van der Waals surface area contributed by atoms with E-state index in [0.29, 0.717) is 6.54 Å². The number of carbonyl (C=O) groups is 2. The number of aliphatic carboxylic acids is 1. The van der Waals surface area contributed by atoms with Gasteiger partial charge in [0.25, 0.3) is 0 Å². The van der Waals surface area contributed by atoms with Crippen molar-refractivity contribution in [2.45, 2.75) is 34.2 Å². The van der Waals surface area contributed by atoms with E-state index >= 15 is 0 Å². The fourth-order valence-electron chi connectivity index (χ4n) is 1.87. The molecule has 0 atom stereocenters. The number of carboxylic acid groups (broad SMARTS) is 1. The molecule has 0 aromatic heterocycles. The number of benzene rings is 1. The van der Waals surface area contributed by atoms with Crippen LogP contribution in [-0.2, 0) is 16.1 Å². The molecule has 0 aliphatic carbocycles. The van der Waals surface area contributed by atoms with E-state index in [0.717, 1.165) is 16.7 Å². The van der Waals surface area contributed by atoms with Crippen molar-refractivity contribution in [1.29, 1.82) is 0 Å². The van der Waals surface area contributed by atoms with Crippen LogP contribution in [-0.4, -0.2) is 28.9 Å². The zero-order chi connectivity index (χ0) is 14.8. The minimum atomic E-state index is -1.40. The fourth-order valence-corrected chi connectivity index (χ4v) is 1.87. The van der Waals surface area contributed by atoms with Crippen LogP contribution in [0.25, 0.3) is 0 Å². The second-order valence-electron chi connectivity index (χ2n) is 5.52. The van der Waals surface area contributed by atoms with Crippen LogP contribution in [0.3, 0.4) is 0 Å². The van der Waals surface area contributed by atoms with Crippen LogP contribution in [0.5, 0.6) is 0 Å². The third kappa shape index (κ3) is 3.34. The molecular weight excluding hydrogens is 242 g/mol. The van der Waals surface area contributed by atoms with E-state index in [2.05, 4.69) is 0 Å². The van der Waals surface area contributed by atoms with Gasteiger partial charge in [-0.15, -0.1) is 0 Å². The number of nitrogens with zero attached hydrogens (tertiary/aromatic N) is 1. The summed E-state index contributed by atoms with van der Waals surface area (Å²) in [6.07, 6.45) is 0. The van der Waals surface area contributed by atoms with Gasteiger partial charge in [0.2, 0.25) is 5.91 Å². The molecule has 0 radical (unpaired) electrons. The monoisotopic (exact) mass is 263 g/mol. The molecule has 1 amide bonds. The molecule has 0 heterocycles. The minimum Gasteiger partial charge on any atom is -0.480 e. The highest BCUT2D eigenvalue weighted by Gasteiger charge is 2.38. The highest BCUT2D eigenvalue weighted by atomic mass is 16.4. The third-order valence-corrected chi connectivity index (χ3v) is 3.33. The Labute approximate surface area is 114 Å². The van der Waals surface area contributed by atoms with E-state index in [1.165, 1.54) is 18.7 Å². The van der Waals surface area contributed by atoms with Crippen LogP contribution in [0.4, 0.5) is 0 Å². The topological polar surface area (TPSA) is 57.6 Å². The molecule has 0 aliphatic rings. The van der Waals surface area contributed by atoms with Gasteiger partial charge in [0.05, 0.1) is 0 Å². The number of rotatable bonds is 4. The molecule has 1 rings (SSSR count). The Balaban J connectivity index is 2.91. The molecular formula is C15H21NO3.